The van der Waals surface area contributed by atoms with Gasteiger partial charge in [0.1, 0.15) is 17.0 Å². The Hall–Kier alpha value is -3.10. The molecule has 0 bridgehead atoms. The van der Waals surface area contributed by atoms with Gasteiger partial charge in [-0.3, -0.25) is 4.72 Å². The van der Waals surface area contributed by atoms with Gasteiger partial charge in [-0.15, -0.1) is 0 Å². The summed E-state index contributed by atoms with van der Waals surface area (Å²) in [4.78, 5) is 3.44. The summed E-state index contributed by atoms with van der Waals surface area (Å²) in [5.74, 6) is 0. The lowest BCUT2D eigenvalue weighted by molar-refractivity contribution is 0.600. The van der Waals surface area contributed by atoms with Crippen molar-refractivity contribution in [2.75, 3.05) is 10.5 Å². The second-order valence-corrected chi connectivity index (χ2v) is 5.64. The predicted molar refractivity (Wildman–Crippen MR) is 75.3 cm³/mol. The lowest BCUT2D eigenvalue weighted by Gasteiger charge is -2.10. The lowest BCUT2D eigenvalue weighted by Crippen LogP contribution is -2.15. The summed E-state index contributed by atoms with van der Waals surface area (Å²) < 4.78 is 26.8. The predicted octanol–water partition coefficient (Wildman–Crippen LogP) is 1.21. The van der Waals surface area contributed by atoms with Crippen molar-refractivity contribution in [3.8, 4) is 12.1 Å². The van der Waals surface area contributed by atoms with Crippen LogP contribution < -0.4 is 10.5 Å². The van der Waals surface area contributed by atoms with Crippen LogP contribution in [0.2, 0.25) is 0 Å². The summed E-state index contributed by atoms with van der Waals surface area (Å²) in [6, 6.07) is 10.4. The van der Waals surface area contributed by atoms with Crippen LogP contribution in [0.5, 0.6) is 0 Å². The maximum atomic E-state index is 12.3. The van der Waals surface area contributed by atoms with Gasteiger partial charge >= 0.3 is 0 Å². The SMILES string of the molecule is N#Cc1cc(N)ccc1NS(=O)(=O)c1cccnc1C#N. The first-order valence-corrected chi connectivity index (χ1v) is 7.14. The van der Waals surface area contributed by atoms with Crippen molar-refractivity contribution in [1.82, 2.24) is 4.98 Å². The highest BCUT2D eigenvalue weighted by Crippen LogP contribution is 2.22. The Labute approximate surface area is 121 Å². The molecule has 8 heteroatoms. The normalized spacial score (nSPS) is 10.4. The molecule has 2 rings (SSSR count). The third kappa shape index (κ3) is 2.91. The maximum Gasteiger partial charge on any atom is 0.264 e. The van der Waals surface area contributed by atoms with Gasteiger partial charge in [0.2, 0.25) is 0 Å². The van der Waals surface area contributed by atoms with E-state index in [2.05, 4.69) is 9.71 Å². The van der Waals surface area contributed by atoms with Gasteiger partial charge in [0.25, 0.3) is 10.0 Å². The average molecular weight is 299 g/mol. The number of anilines is 2. The zero-order valence-corrected chi connectivity index (χ0v) is 11.4. The van der Waals surface area contributed by atoms with Crippen molar-refractivity contribution in [2.45, 2.75) is 4.90 Å². The Balaban J connectivity index is 2.49. The van der Waals surface area contributed by atoms with E-state index in [1.807, 2.05) is 6.07 Å². The number of nitrogen functional groups attached to an aromatic ring is 1. The first kappa shape index (κ1) is 14.3. The van der Waals surface area contributed by atoms with Crippen LogP contribution in [0.25, 0.3) is 0 Å². The van der Waals surface area contributed by atoms with Crippen molar-refractivity contribution in [3.05, 3.63) is 47.8 Å². The van der Waals surface area contributed by atoms with E-state index < -0.39 is 10.0 Å². The van der Waals surface area contributed by atoms with Crippen molar-refractivity contribution in [1.29, 1.82) is 10.5 Å². The second kappa shape index (κ2) is 5.49. The number of aromatic nitrogens is 1. The molecule has 7 nitrogen and oxygen atoms in total. The van der Waals surface area contributed by atoms with Crippen LogP contribution in [0, 0.1) is 22.7 Å². The fourth-order valence-electron chi connectivity index (χ4n) is 1.63. The molecule has 1 aromatic carbocycles. The maximum absolute atomic E-state index is 12.3. The van der Waals surface area contributed by atoms with E-state index in [9.17, 15) is 8.42 Å². The summed E-state index contributed by atoms with van der Waals surface area (Å²) >= 11 is 0. The molecule has 0 saturated carbocycles. The number of hydrogen-bond acceptors (Lipinski definition) is 6. The van der Waals surface area contributed by atoms with E-state index in [1.165, 1.54) is 36.5 Å². The number of nitrogens with zero attached hydrogens (tertiary/aromatic N) is 3. The summed E-state index contributed by atoms with van der Waals surface area (Å²) in [5.41, 5.74) is 5.83. The zero-order chi connectivity index (χ0) is 15.5. The molecule has 104 valence electrons. The number of nitriles is 2. The Morgan fingerprint density at radius 2 is 1.95 bits per heavy atom. The molecule has 0 fully saturated rings. The molecule has 3 N–H and O–H groups in total. The Bertz CT molecular complexity index is 878. The molecule has 2 aromatic rings. The minimum absolute atomic E-state index is 0.0828. The molecule has 0 amide bonds. The van der Waals surface area contributed by atoms with Gasteiger partial charge in [-0.05, 0) is 30.3 Å². The first-order chi connectivity index (χ1) is 9.97. The van der Waals surface area contributed by atoms with Gasteiger partial charge in [0.05, 0.1) is 11.3 Å². The van der Waals surface area contributed by atoms with Crippen molar-refractivity contribution < 1.29 is 8.42 Å². The van der Waals surface area contributed by atoms with Gasteiger partial charge in [-0.2, -0.15) is 10.5 Å². The van der Waals surface area contributed by atoms with Crippen molar-refractivity contribution in [2.24, 2.45) is 0 Å². The van der Waals surface area contributed by atoms with Gasteiger partial charge < -0.3 is 5.73 Å². The number of rotatable bonds is 3. The summed E-state index contributed by atoms with van der Waals surface area (Å²) in [5, 5.41) is 17.9. The molecule has 0 saturated heterocycles. The molecule has 0 aliphatic heterocycles. The molecule has 0 spiro atoms. The average Bonchev–Trinajstić information content (AvgIpc) is 2.48. The molecule has 0 aliphatic carbocycles. The highest BCUT2D eigenvalue weighted by atomic mass is 32.2. The van der Waals surface area contributed by atoms with Crippen LogP contribution in [0.4, 0.5) is 11.4 Å². The third-order valence-corrected chi connectivity index (χ3v) is 3.97. The Kier molecular flexibility index (Phi) is 3.74. The summed E-state index contributed by atoms with van der Waals surface area (Å²) in [6.07, 6.45) is 1.32. The van der Waals surface area contributed by atoms with Crippen LogP contribution in [0.3, 0.4) is 0 Å². The summed E-state index contributed by atoms with van der Waals surface area (Å²) in [7, 11) is -4.03. The van der Waals surface area contributed by atoms with E-state index in [0.717, 1.165) is 0 Å². The third-order valence-electron chi connectivity index (χ3n) is 2.57. The molecular formula is C13H9N5O2S. The van der Waals surface area contributed by atoms with Crippen LogP contribution in [0.15, 0.2) is 41.4 Å². The second-order valence-electron chi connectivity index (χ2n) is 3.98. The summed E-state index contributed by atoms with van der Waals surface area (Å²) in [6.45, 7) is 0. The van der Waals surface area contributed by atoms with E-state index in [1.54, 1.807) is 6.07 Å². The van der Waals surface area contributed by atoms with E-state index in [4.69, 9.17) is 16.3 Å². The van der Waals surface area contributed by atoms with Gasteiger partial charge in [-0.25, -0.2) is 13.4 Å². The van der Waals surface area contributed by atoms with Gasteiger partial charge in [-0.1, -0.05) is 0 Å². The molecule has 0 atom stereocenters. The molecule has 21 heavy (non-hydrogen) atoms. The zero-order valence-electron chi connectivity index (χ0n) is 10.6. The molecular weight excluding hydrogens is 290 g/mol. The Morgan fingerprint density at radius 1 is 1.19 bits per heavy atom. The molecule has 1 heterocycles. The number of benzene rings is 1. The number of nitrogens with two attached hydrogens (primary N) is 1. The van der Waals surface area contributed by atoms with Crippen LogP contribution >= 0.6 is 0 Å². The number of nitrogens with one attached hydrogen (secondary N) is 1. The smallest absolute Gasteiger partial charge is 0.264 e. The number of pyridine rings is 1. The van der Waals surface area contributed by atoms with Crippen molar-refractivity contribution >= 4 is 21.4 Å². The molecule has 0 unspecified atom stereocenters. The van der Waals surface area contributed by atoms with E-state index in [-0.39, 0.29) is 21.8 Å². The van der Waals surface area contributed by atoms with Crippen LogP contribution in [-0.4, -0.2) is 13.4 Å². The molecule has 1 aromatic heterocycles. The van der Waals surface area contributed by atoms with Crippen LogP contribution in [-0.2, 0) is 10.0 Å². The minimum Gasteiger partial charge on any atom is -0.399 e. The molecule has 0 aliphatic rings. The number of hydrogen-bond donors (Lipinski definition) is 2. The number of sulfonamides is 1. The fourth-order valence-corrected chi connectivity index (χ4v) is 2.82. The van der Waals surface area contributed by atoms with Crippen molar-refractivity contribution in [3.63, 3.8) is 0 Å². The highest BCUT2D eigenvalue weighted by molar-refractivity contribution is 7.92. The van der Waals surface area contributed by atoms with Gasteiger partial charge in [0, 0.05) is 11.9 Å². The monoisotopic (exact) mass is 299 g/mol. The standard InChI is InChI=1S/C13H9N5O2S/c14-7-9-6-10(16)3-4-11(9)18-21(19,20)13-2-1-5-17-12(13)8-15/h1-6,18H,16H2. The van der Waals surface area contributed by atoms with Crippen LogP contribution in [0.1, 0.15) is 11.3 Å². The molecule has 0 radical (unpaired) electrons. The highest BCUT2D eigenvalue weighted by Gasteiger charge is 2.20. The topological polar surface area (TPSA) is 133 Å². The lowest BCUT2D eigenvalue weighted by atomic mass is 10.2. The Morgan fingerprint density at radius 3 is 2.62 bits per heavy atom. The minimum atomic E-state index is -4.03. The quantitative estimate of drug-likeness (QED) is 0.818. The van der Waals surface area contributed by atoms with Gasteiger partial charge in [0.15, 0.2) is 5.69 Å². The van der Waals surface area contributed by atoms with E-state index >= 15 is 0 Å². The first-order valence-electron chi connectivity index (χ1n) is 5.65. The van der Waals surface area contributed by atoms with E-state index in [0.29, 0.717) is 5.69 Å². The fraction of sp³-hybridized carbons (Fsp3) is 0. The largest absolute Gasteiger partial charge is 0.399 e.